The second-order valence-electron chi connectivity index (χ2n) is 2.89. The molecule has 0 radical (unpaired) electrons. The van der Waals surface area contributed by atoms with E-state index < -0.39 is 5.03 Å². The molecular formula is C8H12N6O2S. The van der Waals surface area contributed by atoms with Crippen LogP contribution in [0.15, 0.2) is 23.6 Å². The number of nitrogens with one attached hydrogen (secondary N) is 1. The van der Waals surface area contributed by atoms with Crippen LogP contribution in [-0.2, 0) is 5.75 Å². The molecule has 1 aromatic rings. The van der Waals surface area contributed by atoms with E-state index >= 15 is 0 Å². The summed E-state index contributed by atoms with van der Waals surface area (Å²) in [5, 5.41) is 9.25. The summed E-state index contributed by atoms with van der Waals surface area (Å²) in [6.45, 7) is 0.414. The Labute approximate surface area is 102 Å². The lowest BCUT2D eigenvalue weighted by molar-refractivity contribution is -0.525. The van der Waals surface area contributed by atoms with Gasteiger partial charge in [0.05, 0.1) is 12.2 Å². The summed E-state index contributed by atoms with van der Waals surface area (Å²) in [6.07, 6.45) is 4.94. The lowest BCUT2D eigenvalue weighted by Gasteiger charge is -1.99. The molecule has 1 rings (SSSR count). The predicted molar refractivity (Wildman–Crippen MR) is 64.8 cm³/mol. The fourth-order valence-corrected chi connectivity index (χ4v) is 1.66. The molecular weight excluding hydrogens is 244 g/mol. The van der Waals surface area contributed by atoms with Crippen molar-refractivity contribution >= 4 is 17.7 Å². The van der Waals surface area contributed by atoms with Crippen molar-refractivity contribution in [3.05, 3.63) is 34.4 Å². The highest BCUT2D eigenvalue weighted by Gasteiger charge is 1.98. The Morgan fingerprint density at radius 1 is 1.65 bits per heavy atom. The third-order valence-electron chi connectivity index (χ3n) is 1.59. The summed E-state index contributed by atoms with van der Waals surface area (Å²) in [5.74, 6) is 1.25. The van der Waals surface area contributed by atoms with Crippen molar-refractivity contribution in [3.8, 4) is 0 Å². The number of nitrogens with two attached hydrogens (primary N) is 1. The number of aliphatic imine (C=N–C) groups is 1. The van der Waals surface area contributed by atoms with Gasteiger partial charge in [-0.3, -0.25) is 9.97 Å². The maximum absolute atomic E-state index is 10.00. The first kappa shape index (κ1) is 13.2. The smallest absolute Gasteiger partial charge is 0.251 e. The van der Waals surface area contributed by atoms with E-state index in [1.54, 1.807) is 35.8 Å². The number of hydrogen-bond acceptors (Lipinski definition) is 6. The minimum atomic E-state index is -0.745. The molecule has 0 fully saturated rings. The Bertz CT molecular complexity index is 385. The van der Waals surface area contributed by atoms with Crippen LogP contribution in [0.2, 0.25) is 0 Å². The van der Waals surface area contributed by atoms with Gasteiger partial charge in [-0.05, 0) is 0 Å². The van der Waals surface area contributed by atoms with Gasteiger partial charge in [0.2, 0.25) is 0 Å². The number of aromatic nitrogens is 2. The fourth-order valence-electron chi connectivity index (χ4n) is 0.941. The number of guanidine groups is 1. The maximum Gasteiger partial charge on any atom is 0.251 e. The minimum absolute atomic E-state index is 0.185. The Kier molecular flexibility index (Phi) is 5.72. The van der Waals surface area contributed by atoms with Crippen LogP contribution in [0, 0.1) is 10.1 Å². The second-order valence-corrected chi connectivity index (χ2v) is 3.99. The molecule has 17 heavy (non-hydrogen) atoms. The van der Waals surface area contributed by atoms with Crippen molar-refractivity contribution in [3.63, 3.8) is 0 Å². The Balaban J connectivity index is 2.14. The van der Waals surface area contributed by atoms with E-state index in [2.05, 4.69) is 15.0 Å². The summed E-state index contributed by atoms with van der Waals surface area (Å²) < 4.78 is 0. The van der Waals surface area contributed by atoms with Gasteiger partial charge in [0.25, 0.3) is 5.96 Å². The quantitative estimate of drug-likeness (QED) is 0.238. The Morgan fingerprint density at radius 3 is 3.12 bits per heavy atom. The highest BCUT2D eigenvalue weighted by molar-refractivity contribution is 7.98. The molecule has 0 unspecified atom stereocenters. The summed E-state index contributed by atoms with van der Waals surface area (Å²) in [5.41, 5.74) is 7.89. The zero-order valence-electron chi connectivity index (χ0n) is 8.94. The number of thioether (sulfide) groups is 1. The minimum Gasteiger partial charge on any atom is -0.365 e. The number of hydrazine groups is 1. The van der Waals surface area contributed by atoms with Crippen molar-refractivity contribution < 1.29 is 5.03 Å². The van der Waals surface area contributed by atoms with Crippen LogP contribution in [0.25, 0.3) is 0 Å². The average molecular weight is 256 g/mol. The van der Waals surface area contributed by atoms with Crippen LogP contribution in [0.1, 0.15) is 5.69 Å². The molecule has 0 atom stereocenters. The number of nitro groups is 1. The molecule has 9 heteroatoms. The van der Waals surface area contributed by atoms with Gasteiger partial charge in [-0.2, -0.15) is 11.8 Å². The number of hydrogen-bond donors (Lipinski definition) is 2. The van der Waals surface area contributed by atoms with E-state index in [-0.39, 0.29) is 5.96 Å². The largest absolute Gasteiger partial charge is 0.365 e. The molecule has 0 aromatic carbocycles. The van der Waals surface area contributed by atoms with Gasteiger partial charge in [-0.25, -0.2) is 15.1 Å². The zero-order chi connectivity index (χ0) is 12.5. The van der Waals surface area contributed by atoms with E-state index in [4.69, 9.17) is 5.73 Å². The van der Waals surface area contributed by atoms with Crippen LogP contribution < -0.4 is 11.2 Å². The van der Waals surface area contributed by atoms with Crippen molar-refractivity contribution in [2.75, 3.05) is 12.3 Å². The molecule has 0 aliphatic heterocycles. The van der Waals surface area contributed by atoms with E-state index in [1.165, 1.54) is 0 Å². The van der Waals surface area contributed by atoms with Crippen LogP contribution in [0.3, 0.4) is 0 Å². The molecule has 0 saturated heterocycles. The molecule has 0 bridgehead atoms. The van der Waals surface area contributed by atoms with Crippen LogP contribution in [0.5, 0.6) is 0 Å². The van der Waals surface area contributed by atoms with Crippen LogP contribution in [-0.4, -0.2) is 33.3 Å². The third-order valence-corrected chi connectivity index (χ3v) is 2.56. The van der Waals surface area contributed by atoms with Gasteiger partial charge in [0.1, 0.15) is 0 Å². The van der Waals surface area contributed by atoms with Gasteiger partial charge in [0, 0.05) is 30.1 Å². The first-order chi connectivity index (χ1) is 8.18. The summed E-state index contributed by atoms with van der Waals surface area (Å²) in [4.78, 5) is 21.8. The highest BCUT2D eigenvalue weighted by Crippen LogP contribution is 2.07. The lowest BCUT2D eigenvalue weighted by Crippen LogP contribution is -2.36. The lowest BCUT2D eigenvalue weighted by atomic mass is 10.5. The molecule has 1 heterocycles. The molecule has 0 amide bonds. The standard InChI is InChI=1S/C8H12N6O2S/c9-8(13-14(15)16)12-3-4-17-6-7-5-10-1-2-11-7/h1-2,5H,3-4,6H2,(H3,9,12,13). The molecule has 8 nitrogen and oxygen atoms in total. The molecule has 0 saturated carbocycles. The topological polar surface area (TPSA) is 119 Å². The van der Waals surface area contributed by atoms with Gasteiger partial charge in [-0.1, -0.05) is 5.43 Å². The maximum atomic E-state index is 10.00. The van der Waals surface area contributed by atoms with Crippen LogP contribution in [0.4, 0.5) is 0 Å². The summed E-state index contributed by atoms with van der Waals surface area (Å²) in [7, 11) is 0. The highest BCUT2D eigenvalue weighted by atomic mass is 32.2. The monoisotopic (exact) mass is 256 g/mol. The fraction of sp³-hybridized carbons (Fsp3) is 0.375. The molecule has 0 aliphatic carbocycles. The molecule has 0 aliphatic rings. The van der Waals surface area contributed by atoms with E-state index in [9.17, 15) is 10.1 Å². The third kappa shape index (κ3) is 6.30. The SMILES string of the molecule is NC(=NCCSCc1cnccn1)N[N+](=O)[O-]. The molecule has 92 valence electrons. The Morgan fingerprint density at radius 2 is 2.47 bits per heavy atom. The molecule has 1 aromatic heterocycles. The van der Waals surface area contributed by atoms with E-state index in [1.807, 2.05) is 0 Å². The first-order valence-corrected chi connectivity index (χ1v) is 5.87. The van der Waals surface area contributed by atoms with E-state index in [0.717, 1.165) is 11.4 Å². The zero-order valence-corrected chi connectivity index (χ0v) is 9.76. The number of rotatable bonds is 6. The predicted octanol–water partition coefficient (Wildman–Crippen LogP) is -0.194. The first-order valence-electron chi connectivity index (χ1n) is 4.72. The average Bonchev–Trinajstić information content (AvgIpc) is 2.29. The van der Waals surface area contributed by atoms with Crippen molar-refractivity contribution in [1.82, 2.24) is 15.4 Å². The molecule has 0 spiro atoms. The van der Waals surface area contributed by atoms with Crippen molar-refractivity contribution in [2.45, 2.75) is 5.75 Å². The van der Waals surface area contributed by atoms with Gasteiger partial charge >= 0.3 is 0 Å². The summed E-state index contributed by atoms with van der Waals surface area (Å²) in [6, 6.07) is 0. The second kappa shape index (κ2) is 7.39. The number of nitrogens with zero attached hydrogens (tertiary/aromatic N) is 4. The summed E-state index contributed by atoms with van der Waals surface area (Å²) >= 11 is 1.60. The van der Waals surface area contributed by atoms with Crippen molar-refractivity contribution in [2.24, 2.45) is 10.7 Å². The van der Waals surface area contributed by atoms with Gasteiger partial charge < -0.3 is 5.73 Å². The van der Waals surface area contributed by atoms with Crippen molar-refractivity contribution in [1.29, 1.82) is 0 Å². The van der Waals surface area contributed by atoms with Gasteiger partial charge in [0.15, 0.2) is 5.03 Å². The molecule has 3 N–H and O–H groups in total. The van der Waals surface area contributed by atoms with Gasteiger partial charge in [-0.15, -0.1) is 0 Å². The van der Waals surface area contributed by atoms with Crippen LogP contribution >= 0.6 is 11.8 Å². The Hall–Kier alpha value is -1.90. The van der Waals surface area contributed by atoms with E-state index in [0.29, 0.717) is 12.3 Å². The normalized spacial score (nSPS) is 11.2.